The second-order valence-electron chi connectivity index (χ2n) is 4.10. The molecule has 0 bridgehead atoms. The number of halogens is 1. The summed E-state index contributed by atoms with van der Waals surface area (Å²) in [7, 11) is 0. The van der Waals surface area contributed by atoms with Gasteiger partial charge >= 0.3 is 0 Å². The lowest BCUT2D eigenvalue weighted by atomic mass is 10.1. The van der Waals surface area contributed by atoms with Crippen LogP contribution in [-0.2, 0) is 4.79 Å². The van der Waals surface area contributed by atoms with Gasteiger partial charge in [0.05, 0.1) is 11.9 Å². The van der Waals surface area contributed by atoms with Gasteiger partial charge in [0.2, 0.25) is 5.91 Å². The zero-order chi connectivity index (χ0) is 12.1. The standard InChI is InChI=1S/C12H17ClN2O/c1-4-8(2)5-11(16)15-10-6-9(3)12(13)14-7-10/h6-8H,4-5H2,1-3H3,(H,15,16). The number of nitrogens with zero attached hydrogens (tertiary/aromatic N) is 1. The molecular weight excluding hydrogens is 224 g/mol. The van der Waals surface area contributed by atoms with E-state index in [9.17, 15) is 4.79 Å². The number of carbonyl (C=O) groups excluding carboxylic acids is 1. The van der Waals surface area contributed by atoms with E-state index in [0.29, 0.717) is 23.2 Å². The molecule has 0 spiro atoms. The van der Waals surface area contributed by atoms with Crippen molar-refractivity contribution >= 4 is 23.2 Å². The van der Waals surface area contributed by atoms with Crippen LogP contribution in [0.5, 0.6) is 0 Å². The number of hydrogen-bond donors (Lipinski definition) is 1. The Morgan fingerprint density at radius 3 is 2.88 bits per heavy atom. The number of aromatic nitrogens is 1. The van der Waals surface area contributed by atoms with Crippen molar-refractivity contribution in [2.75, 3.05) is 5.32 Å². The fourth-order valence-corrected chi connectivity index (χ4v) is 1.40. The topological polar surface area (TPSA) is 42.0 Å². The van der Waals surface area contributed by atoms with E-state index in [0.717, 1.165) is 12.0 Å². The number of aryl methyl sites for hydroxylation is 1. The average molecular weight is 241 g/mol. The van der Waals surface area contributed by atoms with E-state index in [-0.39, 0.29) is 5.91 Å². The van der Waals surface area contributed by atoms with Crippen molar-refractivity contribution in [1.29, 1.82) is 0 Å². The van der Waals surface area contributed by atoms with E-state index >= 15 is 0 Å². The number of anilines is 1. The molecule has 1 N–H and O–H groups in total. The summed E-state index contributed by atoms with van der Waals surface area (Å²) in [5.74, 6) is 0.430. The normalized spacial score (nSPS) is 12.2. The number of amides is 1. The Balaban J connectivity index is 2.59. The smallest absolute Gasteiger partial charge is 0.224 e. The Labute approximate surface area is 101 Å². The van der Waals surface area contributed by atoms with Crippen LogP contribution >= 0.6 is 11.6 Å². The number of rotatable bonds is 4. The van der Waals surface area contributed by atoms with Crippen LogP contribution in [0.4, 0.5) is 5.69 Å². The maximum Gasteiger partial charge on any atom is 0.224 e. The lowest BCUT2D eigenvalue weighted by Gasteiger charge is -2.09. The second-order valence-corrected chi connectivity index (χ2v) is 4.46. The third kappa shape index (κ3) is 3.81. The van der Waals surface area contributed by atoms with E-state index in [2.05, 4.69) is 24.1 Å². The van der Waals surface area contributed by atoms with Crippen molar-refractivity contribution in [2.24, 2.45) is 5.92 Å². The molecule has 0 radical (unpaired) electrons. The minimum atomic E-state index is 0.0258. The predicted octanol–water partition coefficient (Wildman–Crippen LogP) is 3.42. The molecule has 0 saturated heterocycles. The largest absolute Gasteiger partial charge is 0.325 e. The lowest BCUT2D eigenvalue weighted by molar-refractivity contribution is -0.117. The summed E-state index contributed by atoms with van der Waals surface area (Å²) >= 11 is 5.80. The Hall–Kier alpha value is -1.09. The number of nitrogens with one attached hydrogen (secondary N) is 1. The fraction of sp³-hybridized carbons (Fsp3) is 0.500. The molecule has 3 nitrogen and oxygen atoms in total. The highest BCUT2D eigenvalue weighted by molar-refractivity contribution is 6.30. The molecule has 0 aliphatic carbocycles. The van der Waals surface area contributed by atoms with Crippen LogP contribution in [0.15, 0.2) is 12.3 Å². The molecule has 88 valence electrons. The summed E-state index contributed by atoms with van der Waals surface area (Å²) in [5, 5.41) is 3.29. The molecule has 0 aromatic carbocycles. The van der Waals surface area contributed by atoms with Crippen molar-refractivity contribution < 1.29 is 4.79 Å². The zero-order valence-electron chi connectivity index (χ0n) is 9.88. The third-order valence-corrected chi connectivity index (χ3v) is 2.92. The molecule has 0 aliphatic heterocycles. The van der Waals surface area contributed by atoms with Gasteiger partial charge in [0.1, 0.15) is 5.15 Å². The van der Waals surface area contributed by atoms with Gasteiger partial charge < -0.3 is 5.32 Å². The maximum absolute atomic E-state index is 11.6. The van der Waals surface area contributed by atoms with Crippen LogP contribution in [0.3, 0.4) is 0 Å². The molecule has 0 saturated carbocycles. The molecular formula is C12H17ClN2O. The molecule has 4 heteroatoms. The SMILES string of the molecule is CCC(C)CC(=O)Nc1cnc(Cl)c(C)c1. The van der Waals surface area contributed by atoms with Gasteiger partial charge in [-0.05, 0) is 24.5 Å². The first-order chi connectivity index (χ1) is 7.52. The Morgan fingerprint density at radius 2 is 2.31 bits per heavy atom. The number of hydrogen-bond acceptors (Lipinski definition) is 2. The first kappa shape index (κ1) is 13.0. The van der Waals surface area contributed by atoms with Crippen molar-refractivity contribution in [3.63, 3.8) is 0 Å². The zero-order valence-corrected chi connectivity index (χ0v) is 10.6. The first-order valence-electron chi connectivity index (χ1n) is 5.45. The summed E-state index contributed by atoms with van der Waals surface area (Å²) in [4.78, 5) is 15.6. The minimum Gasteiger partial charge on any atom is -0.325 e. The Bertz CT molecular complexity index is 379. The van der Waals surface area contributed by atoms with Crippen LogP contribution in [-0.4, -0.2) is 10.9 Å². The van der Waals surface area contributed by atoms with Crippen LogP contribution in [0.2, 0.25) is 5.15 Å². The van der Waals surface area contributed by atoms with Gasteiger partial charge in [-0.25, -0.2) is 4.98 Å². The van der Waals surface area contributed by atoms with Crippen LogP contribution in [0.25, 0.3) is 0 Å². The van der Waals surface area contributed by atoms with Crippen LogP contribution in [0, 0.1) is 12.8 Å². The number of pyridine rings is 1. The van der Waals surface area contributed by atoms with E-state index < -0.39 is 0 Å². The summed E-state index contributed by atoms with van der Waals surface area (Å²) in [6.45, 7) is 6.00. The quantitative estimate of drug-likeness (QED) is 0.820. The lowest BCUT2D eigenvalue weighted by Crippen LogP contribution is -2.15. The second kappa shape index (κ2) is 5.85. The minimum absolute atomic E-state index is 0.0258. The maximum atomic E-state index is 11.6. The van der Waals surface area contributed by atoms with E-state index in [1.165, 1.54) is 0 Å². The number of carbonyl (C=O) groups is 1. The summed E-state index contributed by atoms with van der Waals surface area (Å²) in [6.07, 6.45) is 3.12. The van der Waals surface area contributed by atoms with Gasteiger partial charge in [-0.15, -0.1) is 0 Å². The molecule has 1 aromatic heterocycles. The molecule has 1 rings (SSSR count). The van der Waals surface area contributed by atoms with Crippen molar-refractivity contribution in [1.82, 2.24) is 4.98 Å². The highest BCUT2D eigenvalue weighted by atomic mass is 35.5. The van der Waals surface area contributed by atoms with E-state index in [1.807, 2.05) is 13.0 Å². The predicted molar refractivity (Wildman–Crippen MR) is 66.7 cm³/mol. The molecule has 1 unspecified atom stereocenters. The van der Waals surface area contributed by atoms with Gasteiger partial charge in [0.15, 0.2) is 0 Å². The molecule has 1 aromatic rings. The van der Waals surface area contributed by atoms with Gasteiger partial charge in [-0.1, -0.05) is 31.9 Å². The van der Waals surface area contributed by atoms with Crippen LogP contribution in [0.1, 0.15) is 32.3 Å². The highest BCUT2D eigenvalue weighted by Gasteiger charge is 2.08. The summed E-state index contributed by atoms with van der Waals surface area (Å²) in [6, 6.07) is 1.82. The van der Waals surface area contributed by atoms with Crippen molar-refractivity contribution in [3.05, 3.63) is 23.0 Å². The monoisotopic (exact) mass is 240 g/mol. The van der Waals surface area contributed by atoms with Crippen molar-refractivity contribution in [2.45, 2.75) is 33.6 Å². The van der Waals surface area contributed by atoms with E-state index in [1.54, 1.807) is 6.20 Å². The van der Waals surface area contributed by atoms with Crippen LogP contribution < -0.4 is 5.32 Å². The molecule has 16 heavy (non-hydrogen) atoms. The van der Waals surface area contributed by atoms with Gasteiger partial charge in [0, 0.05) is 6.42 Å². The Kier molecular flexibility index (Phi) is 4.74. The highest BCUT2D eigenvalue weighted by Crippen LogP contribution is 2.17. The molecule has 0 aliphatic rings. The molecule has 0 fully saturated rings. The van der Waals surface area contributed by atoms with Gasteiger partial charge in [0.25, 0.3) is 0 Å². The average Bonchev–Trinajstić information content (AvgIpc) is 2.23. The summed E-state index contributed by atoms with van der Waals surface area (Å²) < 4.78 is 0. The van der Waals surface area contributed by atoms with E-state index in [4.69, 9.17) is 11.6 Å². The fourth-order valence-electron chi connectivity index (χ4n) is 1.30. The van der Waals surface area contributed by atoms with Gasteiger partial charge in [-0.2, -0.15) is 0 Å². The van der Waals surface area contributed by atoms with Gasteiger partial charge in [-0.3, -0.25) is 4.79 Å². The Morgan fingerprint density at radius 1 is 1.62 bits per heavy atom. The molecule has 1 heterocycles. The van der Waals surface area contributed by atoms with Crippen molar-refractivity contribution in [3.8, 4) is 0 Å². The first-order valence-corrected chi connectivity index (χ1v) is 5.82. The molecule has 1 amide bonds. The third-order valence-electron chi connectivity index (χ3n) is 2.53. The molecule has 1 atom stereocenters. The summed E-state index contributed by atoms with van der Waals surface area (Å²) in [5.41, 5.74) is 1.57.